The first-order valence-electron chi connectivity index (χ1n) is 1.07. The number of hydrogen-bond acceptors (Lipinski definition) is 4. The molecule has 5 nitrogen and oxygen atoms in total. The predicted octanol–water partition coefficient (Wildman–Crippen LogP) is -1.84. The largest absolute Gasteiger partial charge is 0.759 e. The summed E-state index contributed by atoms with van der Waals surface area (Å²) in [5.74, 6) is 0. The third kappa shape index (κ3) is 65.0. The molecule has 0 rings (SSSR count). The van der Waals surface area contributed by atoms with E-state index in [0.717, 1.165) is 4.13 Å². The smallest absolute Gasteiger partial charge is 0.0294 e. The van der Waals surface area contributed by atoms with Crippen LogP contribution in [0.5, 0.6) is 0 Å². The maximum atomic E-state index is 9.31. The Morgan fingerprint density at radius 2 is 1.10 bits per heavy atom. The summed E-state index contributed by atoms with van der Waals surface area (Å²) in [5, 5.41) is 0. The summed E-state index contributed by atoms with van der Waals surface area (Å²) < 4.78 is 38.4. The first kappa shape index (κ1) is 27.1. The molecule has 0 saturated heterocycles. The van der Waals surface area contributed by atoms with Crippen LogP contribution in [0.25, 0.3) is 0 Å². The first-order valence-corrected chi connectivity index (χ1v) is 3.22. The molecule has 0 fully saturated rings. The Morgan fingerprint density at radius 1 is 0.900 bits per heavy atom. The molecule has 2 atom stereocenters. The molecule has 0 bridgehead atoms. The molecule has 2 unspecified atom stereocenters. The van der Waals surface area contributed by atoms with Crippen LogP contribution in [0.2, 0.25) is 0 Å². The van der Waals surface area contributed by atoms with Gasteiger partial charge in [-0.1, -0.05) is 0 Å². The van der Waals surface area contributed by atoms with Gasteiger partial charge in [-0.2, -0.15) is 4.13 Å². The molecule has 10 heavy (non-hydrogen) atoms. The molecule has 0 saturated carbocycles. The minimum Gasteiger partial charge on any atom is -0.759 e. The van der Waals surface area contributed by atoms with E-state index < -0.39 is 22.5 Å². The van der Waals surface area contributed by atoms with Crippen molar-refractivity contribution in [2.45, 2.75) is 0 Å². The van der Waals surface area contributed by atoms with E-state index in [9.17, 15) is 17.5 Å². The molecular weight excluding hydrogens is 943 g/mol. The van der Waals surface area contributed by atoms with Crippen LogP contribution >= 0.6 is 0 Å². The molecule has 0 spiro atoms. The van der Waals surface area contributed by atoms with Crippen molar-refractivity contribution in [3.63, 3.8) is 0 Å². The SMILES string of the molecule is O=S([O-])NS(=O)[O-].[Rf].[Rf].[Rf]. The Hall–Kier alpha value is -2.82. The van der Waals surface area contributed by atoms with Crippen molar-refractivity contribution in [2.24, 2.45) is 0 Å². The molecule has 0 amide bonds. The van der Waals surface area contributed by atoms with Gasteiger partial charge in [0, 0.05) is 22.5 Å². The third-order valence-corrected chi connectivity index (χ3v) is 1.22. The zero-order valence-electron chi connectivity index (χ0n) is 5.07. The summed E-state index contributed by atoms with van der Waals surface area (Å²) in [6.07, 6.45) is 0. The molecule has 0 radical (unpaired) electrons. The molecule has 0 aliphatic heterocycles. The van der Waals surface area contributed by atoms with E-state index in [1.807, 2.05) is 0 Å². The fourth-order valence-electron chi connectivity index (χ4n) is 0.0556. The van der Waals surface area contributed by atoms with E-state index in [-0.39, 0.29) is 0 Å². The van der Waals surface area contributed by atoms with E-state index in [2.05, 4.69) is 0 Å². The van der Waals surface area contributed by atoms with Crippen LogP contribution in [0, 0.1) is 0 Å². The van der Waals surface area contributed by atoms with Crippen molar-refractivity contribution >= 4 is 22.5 Å². The van der Waals surface area contributed by atoms with Crippen LogP contribution < -0.4 is 4.13 Å². The first-order chi connectivity index (χ1) is 3.13. The average molecular weight is 944 g/mol. The van der Waals surface area contributed by atoms with Gasteiger partial charge in [-0.25, -0.2) is 0 Å². The Morgan fingerprint density at radius 3 is 1.10 bits per heavy atom. The van der Waals surface area contributed by atoms with Crippen molar-refractivity contribution < 1.29 is 17.5 Å². The van der Waals surface area contributed by atoms with E-state index in [1.54, 1.807) is 0 Å². The van der Waals surface area contributed by atoms with Gasteiger partial charge in [0.2, 0.25) is 0 Å². The van der Waals surface area contributed by atoms with Gasteiger partial charge in [0.05, 0.1) is 0 Å². The van der Waals surface area contributed by atoms with Gasteiger partial charge in [0.25, 0.3) is 0 Å². The molecule has 1 N–H and O–H groups in total. The normalized spacial score (nSPS) is 13.0. The van der Waals surface area contributed by atoms with Crippen LogP contribution in [0.3, 0.4) is 0 Å². The van der Waals surface area contributed by atoms with Crippen molar-refractivity contribution in [1.29, 1.82) is 0 Å². The standard InChI is InChI=1S/H3NO4S2.3Rf/c2-6(3)1-7(4)5;;;/h1H,(H,2,3)(H,4,5);;;/p-2. The monoisotopic (exact) mass is 944 g/mol. The van der Waals surface area contributed by atoms with Gasteiger partial charge in [-0.15, -0.1) is 0 Å². The Kier molecular flexibility index (Phi) is 25.7. The van der Waals surface area contributed by atoms with Crippen molar-refractivity contribution in [1.82, 2.24) is 4.13 Å². The van der Waals surface area contributed by atoms with Crippen molar-refractivity contribution in [3.8, 4) is 0 Å². The molecule has 50 valence electrons. The van der Waals surface area contributed by atoms with E-state index in [1.165, 1.54) is 0 Å². The summed E-state index contributed by atoms with van der Waals surface area (Å²) in [4.78, 5) is 0. The minimum atomic E-state index is -2.71. The van der Waals surface area contributed by atoms with Crippen molar-refractivity contribution in [2.75, 3.05) is 0 Å². The molecule has 0 aromatic carbocycles. The van der Waals surface area contributed by atoms with Crippen LogP contribution in [0.1, 0.15) is 0 Å². The molecule has 0 aromatic heterocycles. The maximum absolute atomic E-state index is 9.31. The van der Waals surface area contributed by atoms with Gasteiger partial charge in [0.15, 0.2) is 0 Å². The third-order valence-electron chi connectivity index (χ3n) is 0.136. The maximum Gasteiger partial charge on any atom is 0.0294 e. The Bertz CT molecular complexity index is 94.7. The molecule has 10 heteroatoms. The molecule has 0 aliphatic rings. The number of hydrogen-bond donors (Lipinski definition) is 1. The summed E-state index contributed by atoms with van der Waals surface area (Å²) >= 11 is -5.42. The molecule has 0 aliphatic carbocycles. The number of nitrogens with one attached hydrogen (secondary N) is 1. The van der Waals surface area contributed by atoms with Crippen LogP contribution in [-0.4, -0.2) is 17.5 Å². The van der Waals surface area contributed by atoms with Gasteiger partial charge in [0.1, 0.15) is 0 Å². The van der Waals surface area contributed by atoms with Crippen LogP contribution in [0.4, 0.5) is 0 Å². The van der Waals surface area contributed by atoms with Gasteiger partial charge in [-0.05, 0) is 0 Å². The van der Waals surface area contributed by atoms with E-state index in [0.29, 0.717) is 0 Å². The molecule has 0 aromatic rings. The van der Waals surface area contributed by atoms with Crippen LogP contribution in [0.15, 0.2) is 0 Å². The summed E-state index contributed by atoms with van der Waals surface area (Å²) in [6, 6.07) is 0. The van der Waals surface area contributed by atoms with E-state index >= 15 is 0 Å². The Balaban J connectivity index is -0.0000000600. The zero-order chi connectivity index (χ0) is 5.86. The second-order valence-corrected chi connectivity index (χ2v) is 2.16. The second-order valence-electron chi connectivity index (χ2n) is 0.553. The average Bonchev–Trinajstić information content (AvgIpc) is 1.27. The molecule has 0 heterocycles. The number of rotatable bonds is 2. The van der Waals surface area contributed by atoms with Gasteiger partial charge < -0.3 is 9.11 Å². The summed E-state index contributed by atoms with van der Waals surface area (Å²) in [5.41, 5.74) is 0. The summed E-state index contributed by atoms with van der Waals surface area (Å²) in [7, 11) is 0. The zero-order valence-corrected chi connectivity index (χ0v) is 25.9. The van der Waals surface area contributed by atoms with Crippen LogP contribution in [-0.2, 0) is 22.5 Å². The summed E-state index contributed by atoms with van der Waals surface area (Å²) in [6.45, 7) is 0. The molecular formula is HNO4Rf3S2-2. The fourth-order valence-corrected chi connectivity index (χ4v) is 0.500. The van der Waals surface area contributed by atoms with Crippen molar-refractivity contribution in [3.05, 3.63) is 0 Å². The fraction of sp³-hybridized carbons (Fsp3) is 0. The predicted molar refractivity (Wildman–Crippen MR) is 21.0 cm³/mol. The quantitative estimate of drug-likeness (QED) is 0.331. The van der Waals surface area contributed by atoms with Gasteiger partial charge >= 0.3 is 0 Å². The second kappa shape index (κ2) is 9.49. The minimum absolute atomic E-state index is 0. The Labute approximate surface area is 44.9 Å². The van der Waals surface area contributed by atoms with Gasteiger partial charge in [-0.3, -0.25) is 8.42 Å². The topological polar surface area (TPSA) is 92.3 Å². The van der Waals surface area contributed by atoms with E-state index in [4.69, 9.17) is 0 Å².